The zero-order valence-electron chi connectivity index (χ0n) is 14.6. The van der Waals surface area contributed by atoms with Crippen LogP contribution >= 0.6 is 0 Å². The number of carbonyl (C=O) groups excluding carboxylic acids is 1. The van der Waals surface area contributed by atoms with Crippen molar-refractivity contribution in [3.63, 3.8) is 0 Å². The number of nitro benzene ring substituents is 1. The van der Waals surface area contributed by atoms with E-state index >= 15 is 0 Å². The number of benzene rings is 2. The van der Waals surface area contributed by atoms with Crippen LogP contribution in [0.5, 0.6) is 0 Å². The van der Waals surface area contributed by atoms with Gasteiger partial charge in [0.1, 0.15) is 6.17 Å². The van der Waals surface area contributed by atoms with E-state index in [-0.39, 0.29) is 24.4 Å². The molecular weight excluding hydrogens is 346 g/mol. The molecule has 1 N–H and O–H groups in total. The smallest absolute Gasteiger partial charge is 0.340 e. The molecule has 136 valence electrons. The third-order valence-electron chi connectivity index (χ3n) is 4.75. The molecule has 0 amide bonds. The van der Waals surface area contributed by atoms with Crippen molar-refractivity contribution in [2.45, 2.75) is 19.0 Å². The van der Waals surface area contributed by atoms with Crippen LogP contribution in [0.1, 0.15) is 24.0 Å². The zero-order chi connectivity index (χ0) is 19.0. The summed E-state index contributed by atoms with van der Waals surface area (Å²) in [4.78, 5) is 27.9. The second-order valence-corrected chi connectivity index (χ2v) is 6.29. The first kappa shape index (κ1) is 17.0. The number of rotatable bonds is 4. The molecule has 7 nitrogen and oxygen atoms in total. The SMILES string of the molecule is CCOC(=O)C1=C(c2ccccc2)C2c3cc([N+](=O)[O-])ccc3NC2N=C1. The molecule has 0 saturated carbocycles. The molecule has 2 aliphatic rings. The fourth-order valence-corrected chi connectivity index (χ4v) is 3.62. The number of nitrogens with zero attached hydrogens (tertiary/aromatic N) is 2. The van der Waals surface area contributed by atoms with Gasteiger partial charge in [-0.15, -0.1) is 0 Å². The first-order chi connectivity index (χ1) is 13.1. The summed E-state index contributed by atoms with van der Waals surface area (Å²) in [7, 11) is 0. The summed E-state index contributed by atoms with van der Waals surface area (Å²) in [6.45, 7) is 2.01. The largest absolute Gasteiger partial charge is 0.462 e. The third-order valence-corrected chi connectivity index (χ3v) is 4.75. The van der Waals surface area contributed by atoms with Gasteiger partial charge in [0.2, 0.25) is 0 Å². The molecule has 4 rings (SSSR count). The molecule has 0 spiro atoms. The number of nitrogens with one attached hydrogen (secondary N) is 1. The topological polar surface area (TPSA) is 93.8 Å². The van der Waals surface area contributed by atoms with Gasteiger partial charge in [0.15, 0.2) is 0 Å². The number of dihydropyridines is 1. The number of anilines is 1. The van der Waals surface area contributed by atoms with Gasteiger partial charge in [0.25, 0.3) is 5.69 Å². The first-order valence-corrected chi connectivity index (χ1v) is 8.65. The highest BCUT2D eigenvalue weighted by Gasteiger charge is 2.40. The Hall–Kier alpha value is -3.48. The van der Waals surface area contributed by atoms with E-state index in [0.29, 0.717) is 5.57 Å². The number of hydrogen-bond donors (Lipinski definition) is 1. The van der Waals surface area contributed by atoms with E-state index < -0.39 is 10.9 Å². The van der Waals surface area contributed by atoms with Crippen molar-refractivity contribution in [1.29, 1.82) is 0 Å². The molecule has 2 heterocycles. The highest BCUT2D eigenvalue weighted by atomic mass is 16.6. The highest BCUT2D eigenvalue weighted by Crippen LogP contribution is 2.48. The maximum atomic E-state index is 12.6. The Kier molecular flexibility index (Phi) is 4.19. The maximum absolute atomic E-state index is 12.6. The Morgan fingerprint density at radius 1 is 1.26 bits per heavy atom. The van der Waals surface area contributed by atoms with Gasteiger partial charge in [-0.25, -0.2) is 4.79 Å². The molecule has 2 aromatic rings. The number of hydrogen-bond acceptors (Lipinski definition) is 6. The minimum absolute atomic E-state index is 0.0100. The van der Waals surface area contributed by atoms with Crippen LogP contribution in [-0.4, -0.2) is 29.9 Å². The van der Waals surface area contributed by atoms with Gasteiger partial charge >= 0.3 is 5.97 Å². The van der Waals surface area contributed by atoms with E-state index in [1.165, 1.54) is 12.3 Å². The zero-order valence-corrected chi connectivity index (χ0v) is 14.6. The van der Waals surface area contributed by atoms with Crippen LogP contribution in [-0.2, 0) is 9.53 Å². The van der Waals surface area contributed by atoms with Crippen molar-refractivity contribution in [3.8, 4) is 0 Å². The lowest BCUT2D eigenvalue weighted by Gasteiger charge is -2.26. The van der Waals surface area contributed by atoms with Crippen LogP contribution in [0.3, 0.4) is 0 Å². The first-order valence-electron chi connectivity index (χ1n) is 8.65. The van der Waals surface area contributed by atoms with E-state index in [1.807, 2.05) is 30.3 Å². The molecule has 0 aliphatic carbocycles. The van der Waals surface area contributed by atoms with Crippen LogP contribution in [0, 0.1) is 10.1 Å². The van der Waals surface area contributed by atoms with Crippen LogP contribution < -0.4 is 5.32 Å². The Balaban J connectivity index is 1.91. The number of aliphatic imine (C=N–C) groups is 1. The molecule has 27 heavy (non-hydrogen) atoms. The number of fused-ring (bicyclic) bond motifs is 3. The number of esters is 1. The standard InChI is InChI=1S/C20H17N3O4/c1-2-27-20(24)15-11-21-19-18(17(15)12-6-4-3-5-7-12)14-10-13(23(25)26)8-9-16(14)22-19/h3-11,18-19,22H,2H2,1H3. The van der Waals surface area contributed by atoms with Crippen molar-refractivity contribution in [2.24, 2.45) is 4.99 Å². The molecule has 0 radical (unpaired) electrons. The van der Waals surface area contributed by atoms with Crippen molar-refractivity contribution in [2.75, 3.05) is 11.9 Å². The van der Waals surface area contributed by atoms with Crippen LogP contribution in [0.4, 0.5) is 11.4 Å². The lowest BCUT2D eigenvalue weighted by Crippen LogP contribution is -2.27. The fraction of sp³-hybridized carbons (Fsp3) is 0.200. The average Bonchev–Trinajstić information content (AvgIpc) is 3.06. The van der Waals surface area contributed by atoms with Crippen LogP contribution in [0.2, 0.25) is 0 Å². The lowest BCUT2D eigenvalue weighted by atomic mass is 9.82. The quantitative estimate of drug-likeness (QED) is 0.509. The molecule has 0 saturated heterocycles. The summed E-state index contributed by atoms with van der Waals surface area (Å²) in [6.07, 6.45) is 1.21. The predicted octanol–water partition coefficient (Wildman–Crippen LogP) is 3.53. The Bertz CT molecular complexity index is 982. The van der Waals surface area contributed by atoms with E-state index in [4.69, 9.17) is 4.74 Å². The number of ether oxygens (including phenoxy) is 1. The monoisotopic (exact) mass is 363 g/mol. The van der Waals surface area contributed by atoms with Gasteiger partial charge in [0.05, 0.1) is 23.0 Å². The fourth-order valence-electron chi connectivity index (χ4n) is 3.62. The van der Waals surface area contributed by atoms with Gasteiger partial charge < -0.3 is 10.1 Å². The second-order valence-electron chi connectivity index (χ2n) is 6.29. The van der Waals surface area contributed by atoms with E-state index in [0.717, 1.165) is 22.4 Å². The molecule has 2 atom stereocenters. The second kappa shape index (κ2) is 6.68. The summed E-state index contributed by atoms with van der Waals surface area (Å²) >= 11 is 0. The molecule has 7 heteroatoms. The van der Waals surface area contributed by atoms with Gasteiger partial charge in [0, 0.05) is 24.0 Å². The van der Waals surface area contributed by atoms with Gasteiger partial charge in [-0.05, 0) is 29.7 Å². The van der Waals surface area contributed by atoms with E-state index in [9.17, 15) is 14.9 Å². The van der Waals surface area contributed by atoms with Gasteiger partial charge in [-0.2, -0.15) is 0 Å². The maximum Gasteiger partial charge on any atom is 0.340 e. The minimum atomic E-state index is -0.447. The van der Waals surface area contributed by atoms with Gasteiger partial charge in [-0.3, -0.25) is 15.1 Å². The third kappa shape index (κ3) is 2.87. The summed E-state index contributed by atoms with van der Waals surface area (Å²) < 4.78 is 5.21. The van der Waals surface area contributed by atoms with Crippen molar-refractivity contribution < 1.29 is 14.5 Å². The number of non-ortho nitro benzene ring substituents is 1. The van der Waals surface area contributed by atoms with Crippen LogP contribution in [0.25, 0.3) is 5.57 Å². The lowest BCUT2D eigenvalue weighted by molar-refractivity contribution is -0.384. The molecular formula is C20H17N3O4. The summed E-state index contributed by atoms with van der Waals surface area (Å²) in [5.74, 6) is -0.760. The Labute approximate surface area is 155 Å². The van der Waals surface area contributed by atoms with Crippen LogP contribution in [0.15, 0.2) is 59.1 Å². The predicted molar refractivity (Wildman–Crippen MR) is 102 cm³/mol. The molecule has 0 aromatic heterocycles. The van der Waals surface area contributed by atoms with E-state index in [1.54, 1.807) is 19.1 Å². The van der Waals surface area contributed by atoms with Gasteiger partial charge in [-0.1, -0.05) is 30.3 Å². The summed E-state index contributed by atoms with van der Waals surface area (Å²) in [6, 6.07) is 14.2. The molecule has 0 bridgehead atoms. The molecule has 2 aromatic carbocycles. The summed E-state index contributed by atoms with van der Waals surface area (Å²) in [5, 5.41) is 14.5. The molecule has 2 unspecified atom stereocenters. The molecule has 0 fully saturated rings. The van der Waals surface area contributed by atoms with Crippen molar-refractivity contribution in [1.82, 2.24) is 0 Å². The highest BCUT2D eigenvalue weighted by molar-refractivity contribution is 6.18. The Morgan fingerprint density at radius 3 is 2.74 bits per heavy atom. The molecule has 2 aliphatic heterocycles. The average molecular weight is 363 g/mol. The Morgan fingerprint density at radius 2 is 2.04 bits per heavy atom. The normalized spacial score (nSPS) is 19.9. The number of nitro groups is 1. The minimum Gasteiger partial charge on any atom is -0.462 e. The van der Waals surface area contributed by atoms with Crippen molar-refractivity contribution in [3.05, 3.63) is 75.3 Å². The number of carbonyl (C=O) groups is 1. The van der Waals surface area contributed by atoms with E-state index in [2.05, 4.69) is 10.3 Å². The summed E-state index contributed by atoms with van der Waals surface area (Å²) in [5.41, 5.74) is 3.56. The van der Waals surface area contributed by atoms with Crippen molar-refractivity contribution >= 4 is 29.1 Å².